The van der Waals surface area contributed by atoms with Crippen LogP contribution in [0.1, 0.15) is 6.42 Å². The molecule has 1 aliphatic rings. The SMILES string of the molecule is OC1CCN=CN1. The molecule has 0 aromatic heterocycles. The lowest BCUT2D eigenvalue weighted by molar-refractivity contribution is 0.149. The lowest BCUT2D eigenvalue weighted by Gasteiger charge is -2.11. The third kappa shape index (κ3) is 1.16. The van der Waals surface area contributed by atoms with E-state index < -0.39 is 0 Å². The smallest absolute Gasteiger partial charge is 0.126 e. The summed E-state index contributed by atoms with van der Waals surface area (Å²) in [5.41, 5.74) is 0. The molecule has 0 saturated carbocycles. The van der Waals surface area contributed by atoms with Crippen molar-refractivity contribution in [3.8, 4) is 0 Å². The highest BCUT2D eigenvalue weighted by Gasteiger charge is 2.01. The second kappa shape index (κ2) is 1.93. The summed E-state index contributed by atoms with van der Waals surface area (Å²) in [5.74, 6) is 0. The Kier molecular flexibility index (Phi) is 1.26. The van der Waals surface area contributed by atoms with Crippen LogP contribution in [-0.2, 0) is 0 Å². The number of aliphatic imine (C=N–C) groups is 1. The zero-order valence-electron chi connectivity index (χ0n) is 3.96. The van der Waals surface area contributed by atoms with E-state index in [0.717, 1.165) is 13.0 Å². The van der Waals surface area contributed by atoms with Gasteiger partial charge in [0.1, 0.15) is 6.23 Å². The molecule has 0 amide bonds. The third-order valence-electron chi connectivity index (χ3n) is 0.890. The lowest BCUT2D eigenvalue weighted by atomic mass is 10.4. The first-order valence-corrected chi connectivity index (χ1v) is 2.32. The van der Waals surface area contributed by atoms with E-state index in [9.17, 15) is 0 Å². The van der Waals surface area contributed by atoms with E-state index in [1.165, 1.54) is 6.34 Å². The average molecular weight is 100 g/mol. The Morgan fingerprint density at radius 2 is 2.71 bits per heavy atom. The summed E-state index contributed by atoms with van der Waals surface area (Å²) < 4.78 is 0. The van der Waals surface area contributed by atoms with E-state index in [4.69, 9.17) is 5.11 Å². The first-order valence-electron chi connectivity index (χ1n) is 2.32. The fourth-order valence-corrected chi connectivity index (χ4v) is 0.483. The lowest BCUT2D eigenvalue weighted by Crippen LogP contribution is -2.31. The molecule has 0 fully saturated rings. The summed E-state index contributed by atoms with van der Waals surface area (Å²) in [6, 6.07) is 0. The first-order chi connectivity index (χ1) is 3.39. The molecule has 1 rings (SSSR count). The van der Waals surface area contributed by atoms with Gasteiger partial charge in [0.15, 0.2) is 0 Å². The van der Waals surface area contributed by atoms with Crippen LogP contribution in [0.5, 0.6) is 0 Å². The molecule has 2 N–H and O–H groups in total. The number of nitrogens with one attached hydrogen (secondary N) is 1. The summed E-state index contributed by atoms with van der Waals surface area (Å²) in [5, 5.41) is 11.4. The average Bonchev–Trinajstić information content (AvgIpc) is 1.69. The summed E-state index contributed by atoms with van der Waals surface area (Å²) >= 11 is 0. The highest BCUT2D eigenvalue weighted by atomic mass is 16.3. The van der Waals surface area contributed by atoms with Gasteiger partial charge in [0, 0.05) is 13.0 Å². The number of rotatable bonds is 0. The van der Waals surface area contributed by atoms with Crippen LogP contribution < -0.4 is 5.32 Å². The van der Waals surface area contributed by atoms with Crippen LogP contribution in [-0.4, -0.2) is 24.2 Å². The molecule has 0 aliphatic carbocycles. The van der Waals surface area contributed by atoms with Crippen molar-refractivity contribution in [1.82, 2.24) is 5.32 Å². The Labute approximate surface area is 42.1 Å². The van der Waals surface area contributed by atoms with E-state index >= 15 is 0 Å². The maximum absolute atomic E-state index is 8.71. The van der Waals surface area contributed by atoms with Crippen LogP contribution in [0.4, 0.5) is 0 Å². The van der Waals surface area contributed by atoms with Crippen molar-refractivity contribution >= 4 is 6.34 Å². The van der Waals surface area contributed by atoms with Gasteiger partial charge in [0.05, 0.1) is 6.34 Å². The molecular formula is C4H8N2O. The van der Waals surface area contributed by atoms with Gasteiger partial charge in [0.2, 0.25) is 0 Å². The topological polar surface area (TPSA) is 44.6 Å². The summed E-state index contributed by atoms with van der Waals surface area (Å²) in [4.78, 5) is 3.83. The van der Waals surface area contributed by atoms with E-state index in [0.29, 0.717) is 0 Å². The minimum absolute atomic E-state index is 0.363. The van der Waals surface area contributed by atoms with Crippen LogP contribution in [0.15, 0.2) is 4.99 Å². The van der Waals surface area contributed by atoms with Crippen molar-refractivity contribution in [3.05, 3.63) is 0 Å². The van der Waals surface area contributed by atoms with Crippen molar-refractivity contribution in [3.63, 3.8) is 0 Å². The van der Waals surface area contributed by atoms with E-state index in [-0.39, 0.29) is 6.23 Å². The largest absolute Gasteiger partial charge is 0.374 e. The van der Waals surface area contributed by atoms with Gasteiger partial charge in [-0.3, -0.25) is 4.99 Å². The van der Waals surface area contributed by atoms with E-state index in [2.05, 4.69) is 10.3 Å². The maximum atomic E-state index is 8.71. The van der Waals surface area contributed by atoms with Gasteiger partial charge >= 0.3 is 0 Å². The molecule has 0 aromatic rings. The quantitative estimate of drug-likeness (QED) is 0.424. The fraction of sp³-hybridized carbons (Fsp3) is 0.750. The summed E-state index contributed by atoms with van der Waals surface area (Å²) in [6.07, 6.45) is 1.91. The molecule has 1 unspecified atom stereocenters. The Morgan fingerprint density at radius 3 is 3.00 bits per heavy atom. The van der Waals surface area contributed by atoms with Gasteiger partial charge in [-0.05, 0) is 0 Å². The predicted octanol–water partition coefficient (Wildman–Crippen LogP) is -0.674. The second-order valence-electron chi connectivity index (χ2n) is 1.51. The van der Waals surface area contributed by atoms with Gasteiger partial charge in [-0.2, -0.15) is 0 Å². The first kappa shape index (κ1) is 4.59. The summed E-state index contributed by atoms with van der Waals surface area (Å²) in [6.45, 7) is 0.744. The fourth-order valence-electron chi connectivity index (χ4n) is 0.483. The number of aliphatic hydroxyl groups excluding tert-OH is 1. The molecule has 40 valence electrons. The molecule has 0 aromatic carbocycles. The molecular weight excluding hydrogens is 92.1 g/mol. The number of hydrogen-bond acceptors (Lipinski definition) is 3. The van der Waals surface area contributed by atoms with E-state index in [1.807, 2.05) is 0 Å². The molecule has 0 saturated heterocycles. The van der Waals surface area contributed by atoms with Crippen molar-refractivity contribution in [2.75, 3.05) is 6.54 Å². The van der Waals surface area contributed by atoms with Crippen LogP contribution in [0.2, 0.25) is 0 Å². The predicted molar refractivity (Wildman–Crippen MR) is 27.1 cm³/mol. The third-order valence-corrected chi connectivity index (χ3v) is 0.890. The number of hydrogen-bond donors (Lipinski definition) is 2. The van der Waals surface area contributed by atoms with Crippen molar-refractivity contribution in [2.24, 2.45) is 4.99 Å². The monoisotopic (exact) mass is 100 g/mol. The molecule has 0 bridgehead atoms. The molecule has 1 heterocycles. The molecule has 0 spiro atoms. The summed E-state index contributed by atoms with van der Waals surface area (Å²) in [7, 11) is 0. The van der Waals surface area contributed by atoms with Crippen molar-refractivity contribution in [2.45, 2.75) is 12.6 Å². The van der Waals surface area contributed by atoms with Crippen LogP contribution >= 0.6 is 0 Å². The molecule has 3 nitrogen and oxygen atoms in total. The van der Waals surface area contributed by atoms with Gasteiger partial charge in [-0.1, -0.05) is 0 Å². The van der Waals surface area contributed by atoms with Crippen molar-refractivity contribution in [1.29, 1.82) is 0 Å². The highest BCUT2D eigenvalue weighted by molar-refractivity contribution is 5.55. The maximum Gasteiger partial charge on any atom is 0.126 e. The Morgan fingerprint density at radius 1 is 1.86 bits per heavy atom. The standard InChI is InChI=1S/C4H8N2O/c7-4-1-2-5-3-6-4/h3-4,7H,1-2H2,(H,5,6). The minimum Gasteiger partial charge on any atom is -0.374 e. The molecule has 1 aliphatic heterocycles. The highest BCUT2D eigenvalue weighted by Crippen LogP contribution is 1.89. The molecule has 3 heteroatoms. The second-order valence-corrected chi connectivity index (χ2v) is 1.51. The van der Waals surface area contributed by atoms with Crippen LogP contribution in [0.3, 0.4) is 0 Å². The van der Waals surface area contributed by atoms with Crippen LogP contribution in [0, 0.1) is 0 Å². The number of nitrogens with zero attached hydrogens (tertiary/aromatic N) is 1. The zero-order valence-corrected chi connectivity index (χ0v) is 3.96. The zero-order chi connectivity index (χ0) is 5.11. The van der Waals surface area contributed by atoms with Crippen molar-refractivity contribution < 1.29 is 5.11 Å². The normalized spacial score (nSPS) is 29.6. The van der Waals surface area contributed by atoms with Gasteiger partial charge in [-0.25, -0.2) is 0 Å². The Bertz CT molecular complexity index is 81.8. The van der Waals surface area contributed by atoms with E-state index in [1.54, 1.807) is 0 Å². The molecule has 1 atom stereocenters. The Balaban J connectivity index is 2.32. The van der Waals surface area contributed by atoms with Crippen LogP contribution in [0.25, 0.3) is 0 Å². The number of aliphatic hydroxyl groups is 1. The molecule has 7 heavy (non-hydrogen) atoms. The minimum atomic E-state index is -0.363. The Hall–Kier alpha value is -0.570. The van der Waals surface area contributed by atoms with Gasteiger partial charge in [0.25, 0.3) is 0 Å². The molecule has 0 radical (unpaired) electrons. The van der Waals surface area contributed by atoms with Gasteiger partial charge < -0.3 is 10.4 Å². The van der Waals surface area contributed by atoms with Gasteiger partial charge in [-0.15, -0.1) is 0 Å².